The lowest BCUT2D eigenvalue weighted by molar-refractivity contribution is -0.123. The molecule has 0 aliphatic heterocycles. The summed E-state index contributed by atoms with van der Waals surface area (Å²) in [5.41, 5.74) is 5.60. The smallest absolute Gasteiger partial charge is 0.237 e. The Morgan fingerprint density at radius 3 is 2.79 bits per heavy atom. The van der Waals surface area contributed by atoms with Gasteiger partial charge in [0.2, 0.25) is 5.91 Å². The van der Waals surface area contributed by atoms with Crippen LogP contribution in [0.15, 0.2) is 0 Å². The van der Waals surface area contributed by atoms with Gasteiger partial charge in [-0.2, -0.15) is 0 Å². The summed E-state index contributed by atoms with van der Waals surface area (Å²) in [5.74, 6) is 2.26. The molecule has 80 valence electrons. The predicted octanol–water partition coefficient (Wildman–Crippen LogP) is -0.122. The van der Waals surface area contributed by atoms with E-state index in [4.69, 9.17) is 16.9 Å². The lowest BCUT2D eigenvalue weighted by atomic mass is 10.2. The summed E-state index contributed by atoms with van der Waals surface area (Å²) in [7, 11) is 1.57. The highest BCUT2D eigenvalue weighted by Crippen LogP contribution is 1.93. The van der Waals surface area contributed by atoms with Crippen LogP contribution in [-0.2, 0) is 9.53 Å². The monoisotopic (exact) mass is 198 g/mol. The van der Waals surface area contributed by atoms with E-state index < -0.39 is 6.04 Å². The average Bonchev–Trinajstić information content (AvgIpc) is 2.21. The van der Waals surface area contributed by atoms with Crippen LogP contribution in [0.1, 0.15) is 19.8 Å². The maximum Gasteiger partial charge on any atom is 0.237 e. The molecule has 4 nitrogen and oxygen atoms in total. The van der Waals surface area contributed by atoms with Gasteiger partial charge in [0.25, 0.3) is 0 Å². The van der Waals surface area contributed by atoms with E-state index in [-0.39, 0.29) is 11.9 Å². The molecule has 14 heavy (non-hydrogen) atoms. The van der Waals surface area contributed by atoms with E-state index in [1.807, 2.05) is 6.92 Å². The molecule has 1 amide bonds. The first-order chi connectivity index (χ1) is 6.65. The zero-order valence-corrected chi connectivity index (χ0v) is 8.75. The first-order valence-corrected chi connectivity index (χ1v) is 4.66. The number of nitrogens with one attached hydrogen (secondary N) is 1. The molecule has 0 aromatic rings. The molecule has 3 N–H and O–H groups in total. The summed E-state index contributed by atoms with van der Waals surface area (Å²) >= 11 is 0. The van der Waals surface area contributed by atoms with Gasteiger partial charge in [-0.25, -0.2) is 0 Å². The standard InChI is InChI=1S/C10H18N2O2/c1-4-8(5-2)12-10(13)9(11)6-7-14-3/h1,8-9H,5-7,11H2,2-3H3,(H,12,13). The number of carbonyl (C=O) groups excluding carboxylic acids is 1. The molecular weight excluding hydrogens is 180 g/mol. The first-order valence-electron chi connectivity index (χ1n) is 4.66. The normalized spacial score (nSPS) is 14.1. The van der Waals surface area contributed by atoms with Crippen LogP contribution in [-0.4, -0.2) is 31.7 Å². The molecule has 0 fully saturated rings. The van der Waals surface area contributed by atoms with Crippen molar-refractivity contribution in [3.05, 3.63) is 0 Å². The minimum Gasteiger partial charge on any atom is -0.385 e. The number of hydrogen-bond donors (Lipinski definition) is 2. The van der Waals surface area contributed by atoms with Gasteiger partial charge in [0.1, 0.15) is 0 Å². The molecule has 0 aromatic carbocycles. The molecule has 0 saturated carbocycles. The maximum atomic E-state index is 11.4. The summed E-state index contributed by atoms with van der Waals surface area (Å²) in [5, 5.41) is 2.67. The van der Waals surface area contributed by atoms with Gasteiger partial charge in [-0.1, -0.05) is 12.8 Å². The average molecular weight is 198 g/mol. The van der Waals surface area contributed by atoms with Crippen LogP contribution in [0.25, 0.3) is 0 Å². The van der Waals surface area contributed by atoms with Crippen LogP contribution >= 0.6 is 0 Å². The predicted molar refractivity (Wildman–Crippen MR) is 55.5 cm³/mol. The van der Waals surface area contributed by atoms with Crippen LogP contribution < -0.4 is 11.1 Å². The summed E-state index contributed by atoms with van der Waals surface area (Å²) in [6, 6.07) is -0.770. The van der Waals surface area contributed by atoms with Crippen molar-refractivity contribution in [2.75, 3.05) is 13.7 Å². The third-order valence-corrected chi connectivity index (χ3v) is 1.90. The van der Waals surface area contributed by atoms with E-state index in [1.54, 1.807) is 7.11 Å². The number of amides is 1. The second-order valence-electron chi connectivity index (χ2n) is 3.02. The Labute approximate surface area is 85.2 Å². The van der Waals surface area contributed by atoms with Crippen LogP contribution in [0, 0.1) is 12.3 Å². The van der Waals surface area contributed by atoms with Crippen molar-refractivity contribution in [3.8, 4) is 12.3 Å². The minimum atomic E-state index is -0.544. The van der Waals surface area contributed by atoms with Gasteiger partial charge in [-0.3, -0.25) is 4.79 Å². The van der Waals surface area contributed by atoms with Crippen molar-refractivity contribution in [1.29, 1.82) is 0 Å². The van der Waals surface area contributed by atoms with Gasteiger partial charge in [-0.05, 0) is 12.8 Å². The molecule has 2 unspecified atom stereocenters. The van der Waals surface area contributed by atoms with Gasteiger partial charge in [-0.15, -0.1) is 6.42 Å². The Balaban J connectivity index is 3.88. The number of nitrogens with two attached hydrogens (primary N) is 1. The molecule has 0 aromatic heterocycles. The molecular formula is C10H18N2O2. The fraction of sp³-hybridized carbons (Fsp3) is 0.700. The fourth-order valence-electron chi connectivity index (χ4n) is 0.916. The molecule has 0 spiro atoms. The summed E-state index contributed by atoms with van der Waals surface area (Å²) in [6.07, 6.45) is 6.41. The van der Waals surface area contributed by atoms with Crippen molar-refractivity contribution in [1.82, 2.24) is 5.32 Å². The van der Waals surface area contributed by atoms with E-state index in [9.17, 15) is 4.79 Å². The number of rotatable bonds is 6. The maximum absolute atomic E-state index is 11.4. The zero-order valence-electron chi connectivity index (χ0n) is 8.75. The molecule has 0 rings (SSSR count). The van der Waals surface area contributed by atoms with Crippen molar-refractivity contribution in [3.63, 3.8) is 0 Å². The fourth-order valence-corrected chi connectivity index (χ4v) is 0.916. The van der Waals surface area contributed by atoms with Crippen LogP contribution in [0.2, 0.25) is 0 Å². The third-order valence-electron chi connectivity index (χ3n) is 1.90. The van der Waals surface area contributed by atoms with E-state index in [0.29, 0.717) is 19.4 Å². The number of carbonyl (C=O) groups is 1. The Morgan fingerprint density at radius 2 is 2.36 bits per heavy atom. The number of methoxy groups -OCH3 is 1. The van der Waals surface area contributed by atoms with Gasteiger partial charge in [0, 0.05) is 13.7 Å². The minimum absolute atomic E-state index is 0.216. The quantitative estimate of drug-likeness (QED) is 0.585. The Hall–Kier alpha value is -1.05. The SMILES string of the molecule is C#CC(CC)NC(=O)C(N)CCOC. The second-order valence-corrected chi connectivity index (χ2v) is 3.02. The highest BCUT2D eigenvalue weighted by Gasteiger charge is 2.15. The number of terminal acetylenes is 1. The number of hydrogen-bond acceptors (Lipinski definition) is 3. The van der Waals surface area contributed by atoms with Gasteiger partial charge >= 0.3 is 0 Å². The molecule has 0 aliphatic rings. The molecule has 0 heterocycles. The molecule has 0 aliphatic carbocycles. The van der Waals surface area contributed by atoms with E-state index >= 15 is 0 Å². The Bertz CT molecular complexity index is 211. The van der Waals surface area contributed by atoms with Gasteiger partial charge in [0.05, 0.1) is 12.1 Å². The highest BCUT2D eigenvalue weighted by molar-refractivity contribution is 5.82. The van der Waals surface area contributed by atoms with Crippen molar-refractivity contribution >= 4 is 5.91 Å². The molecule has 4 heteroatoms. The zero-order chi connectivity index (χ0) is 11.0. The topological polar surface area (TPSA) is 64.4 Å². The highest BCUT2D eigenvalue weighted by atomic mass is 16.5. The van der Waals surface area contributed by atoms with Crippen LogP contribution in [0.3, 0.4) is 0 Å². The number of ether oxygens (including phenoxy) is 1. The lowest BCUT2D eigenvalue weighted by Gasteiger charge is -2.15. The van der Waals surface area contributed by atoms with Gasteiger partial charge in [0.15, 0.2) is 0 Å². The Kier molecular flexibility index (Phi) is 6.81. The largest absolute Gasteiger partial charge is 0.385 e. The third kappa shape index (κ3) is 4.85. The lowest BCUT2D eigenvalue weighted by Crippen LogP contribution is -2.45. The van der Waals surface area contributed by atoms with Gasteiger partial charge < -0.3 is 15.8 Å². The van der Waals surface area contributed by atoms with E-state index in [2.05, 4.69) is 11.2 Å². The van der Waals surface area contributed by atoms with Crippen molar-refractivity contribution < 1.29 is 9.53 Å². The van der Waals surface area contributed by atoms with E-state index in [0.717, 1.165) is 0 Å². The van der Waals surface area contributed by atoms with Crippen LogP contribution in [0.4, 0.5) is 0 Å². The second kappa shape index (κ2) is 7.36. The molecule has 2 atom stereocenters. The first kappa shape index (κ1) is 12.9. The van der Waals surface area contributed by atoms with Crippen molar-refractivity contribution in [2.24, 2.45) is 5.73 Å². The molecule has 0 radical (unpaired) electrons. The summed E-state index contributed by atoms with van der Waals surface area (Å²) in [6.45, 7) is 2.38. The summed E-state index contributed by atoms with van der Waals surface area (Å²) < 4.78 is 4.82. The van der Waals surface area contributed by atoms with Crippen LogP contribution in [0.5, 0.6) is 0 Å². The van der Waals surface area contributed by atoms with Crippen molar-refractivity contribution in [2.45, 2.75) is 31.8 Å². The van der Waals surface area contributed by atoms with E-state index in [1.165, 1.54) is 0 Å². The Morgan fingerprint density at radius 1 is 1.71 bits per heavy atom. The molecule has 0 saturated heterocycles. The summed E-state index contributed by atoms with van der Waals surface area (Å²) in [4.78, 5) is 11.4. The molecule has 0 bridgehead atoms.